The van der Waals surface area contributed by atoms with Crippen molar-refractivity contribution in [2.45, 2.75) is 39.2 Å². The number of carbonyl (C=O) groups excluding carboxylic acids is 1. The molecule has 6 nitrogen and oxygen atoms in total. The number of aromatic nitrogens is 2. The number of nitrogens with one attached hydrogen (secondary N) is 2. The van der Waals surface area contributed by atoms with E-state index in [1.807, 2.05) is 20.8 Å². The fourth-order valence-electron chi connectivity index (χ4n) is 2.03. The molecular weight excluding hydrogens is 312 g/mol. The van der Waals surface area contributed by atoms with Gasteiger partial charge in [0.05, 0.1) is 0 Å². The monoisotopic (exact) mass is 334 g/mol. The first-order valence-corrected chi connectivity index (χ1v) is 8.27. The highest BCUT2D eigenvalue weighted by Gasteiger charge is 2.20. The van der Waals surface area contributed by atoms with Gasteiger partial charge < -0.3 is 10.4 Å². The van der Waals surface area contributed by atoms with Crippen LogP contribution in [0.25, 0.3) is 0 Å². The second-order valence-corrected chi connectivity index (χ2v) is 7.16. The Labute approximate surface area is 140 Å². The fourth-order valence-corrected chi connectivity index (χ4v) is 2.80. The lowest BCUT2D eigenvalue weighted by Gasteiger charge is -2.24. The van der Waals surface area contributed by atoms with Crippen molar-refractivity contribution in [2.24, 2.45) is 0 Å². The van der Waals surface area contributed by atoms with Gasteiger partial charge >= 0.3 is 6.03 Å². The number of anilines is 1. The molecule has 7 heteroatoms. The number of hydrogen-bond donors (Lipinski definition) is 3. The summed E-state index contributed by atoms with van der Waals surface area (Å²) in [4.78, 5) is 11.9. The number of aliphatic hydroxyl groups excluding tert-OH is 1. The summed E-state index contributed by atoms with van der Waals surface area (Å²) in [5.74, 6) is 0. The Morgan fingerprint density at radius 1 is 1.26 bits per heavy atom. The first-order valence-electron chi connectivity index (χ1n) is 7.46. The van der Waals surface area contributed by atoms with E-state index < -0.39 is 5.54 Å². The number of carbonyl (C=O) groups is 1. The maximum atomic E-state index is 11.9. The summed E-state index contributed by atoms with van der Waals surface area (Å²) in [6, 6.07) is 7.90. The standard InChI is InChI=1S/C16H22N4O2S/c1-11-4-6-12(7-5-11)10-13-19-20-15(23-13)17-14(22)18-16(2,3)8-9-21/h4-7,21H,8-10H2,1-3H3,(H2,17,18,20,22). The van der Waals surface area contributed by atoms with E-state index in [1.165, 1.54) is 16.9 Å². The lowest BCUT2D eigenvalue weighted by molar-refractivity contribution is 0.218. The number of aryl methyl sites for hydroxylation is 1. The van der Waals surface area contributed by atoms with E-state index in [0.717, 1.165) is 10.6 Å². The second kappa shape index (κ2) is 7.52. The van der Waals surface area contributed by atoms with E-state index in [1.54, 1.807) is 0 Å². The van der Waals surface area contributed by atoms with Crippen LogP contribution in [0.5, 0.6) is 0 Å². The lowest BCUT2D eigenvalue weighted by Crippen LogP contribution is -2.46. The molecule has 1 aromatic heterocycles. The van der Waals surface area contributed by atoms with Crippen molar-refractivity contribution < 1.29 is 9.90 Å². The van der Waals surface area contributed by atoms with Gasteiger partial charge in [-0.05, 0) is 32.8 Å². The van der Waals surface area contributed by atoms with Crippen LogP contribution < -0.4 is 10.6 Å². The third kappa shape index (κ3) is 5.61. The molecule has 23 heavy (non-hydrogen) atoms. The highest BCUT2D eigenvalue weighted by atomic mass is 32.1. The van der Waals surface area contributed by atoms with Crippen LogP contribution in [0.3, 0.4) is 0 Å². The second-order valence-electron chi connectivity index (χ2n) is 6.10. The van der Waals surface area contributed by atoms with E-state index in [9.17, 15) is 4.79 Å². The van der Waals surface area contributed by atoms with Gasteiger partial charge in [0.1, 0.15) is 5.01 Å². The number of aliphatic hydroxyl groups is 1. The zero-order valence-corrected chi connectivity index (χ0v) is 14.4. The highest BCUT2D eigenvalue weighted by Crippen LogP contribution is 2.19. The van der Waals surface area contributed by atoms with Crippen molar-refractivity contribution >= 4 is 22.5 Å². The molecule has 2 amide bonds. The number of amides is 2. The molecule has 124 valence electrons. The summed E-state index contributed by atoms with van der Waals surface area (Å²) >= 11 is 1.36. The molecule has 0 radical (unpaired) electrons. The minimum absolute atomic E-state index is 0.0206. The van der Waals surface area contributed by atoms with E-state index >= 15 is 0 Å². The van der Waals surface area contributed by atoms with Gasteiger partial charge in [-0.3, -0.25) is 5.32 Å². The van der Waals surface area contributed by atoms with E-state index in [0.29, 0.717) is 18.0 Å². The first kappa shape index (κ1) is 17.4. The smallest absolute Gasteiger partial charge is 0.321 e. The van der Waals surface area contributed by atoms with Crippen molar-refractivity contribution in [1.29, 1.82) is 0 Å². The molecule has 2 aromatic rings. The van der Waals surface area contributed by atoms with Crippen LogP contribution in [0.4, 0.5) is 9.93 Å². The van der Waals surface area contributed by atoms with Crippen LogP contribution >= 0.6 is 11.3 Å². The van der Waals surface area contributed by atoms with Gasteiger partial charge in [0.2, 0.25) is 5.13 Å². The maximum Gasteiger partial charge on any atom is 0.321 e. The number of nitrogens with zero attached hydrogens (tertiary/aromatic N) is 2. The Morgan fingerprint density at radius 3 is 2.61 bits per heavy atom. The minimum Gasteiger partial charge on any atom is -0.396 e. The van der Waals surface area contributed by atoms with Gasteiger partial charge in [0.15, 0.2) is 0 Å². The van der Waals surface area contributed by atoms with E-state index in [-0.39, 0.29) is 12.6 Å². The average Bonchev–Trinajstić information content (AvgIpc) is 2.87. The van der Waals surface area contributed by atoms with Gasteiger partial charge in [-0.25, -0.2) is 4.79 Å². The Morgan fingerprint density at radius 2 is 1.96 bits per heavy atom. The zero-order chi connectivity index (χ0) is 16.9. The van der Waals surface area contributed by atoms with E-state index in [2.05, 4.69) is 45.1 Å². The molecule has 0 fully saturated rings. The molecule has 0 saturated carbocycles. The molecular formula is C16H22N4O2S. The normalized spacial score (nSPS) is 11.3. The highest BCUT2D eigenvalue weighted by molar-refractivity contribution is 7.15. The molecule has 0 saturated heterocycles. The maximum absolute atomic E-state index is 11.9. The third-order valence-corrected chi connectivity index (χ3v) is 4.19. The molecule has 2 rings (SSSR count). The number of hydrogen-bond acceptors (Lipinski definition) is 5. The Hall–Kier alpha value is -1.99. The van der Waals surface area contributed by atoms with Crippen molar-refractivity contribution in [3.63, 3.8) is 0 Å². The molecule has 0 aliphatic rings. The van der Waals surface area contributed by atoms with Crippen LogP contribution in [0.1, 0.15) is 36.4 Å². The van der Waals surface area contributed by atoms with Gasteiger partial charge in [0.25, 0.3) is 0 Å². The Kier molecular flexibility index (Phi) is 5.68. The number of rotatable bonds is 6. The van der Waals surface area contributed by atoms with Gasteiger partial charge in [-0.1, -0.05) is 41.2 Å². The number of benzene rings is 1. The van der Waals surface area contributed by atoms with Crippen molar-refractivity contribution in [2.75, 3.05) is 11.9 Å². The summed E-state index contributed by atoms with van der Waals surface area (Å²) in [6.07, 6.45) is 1.17. The fraction of sp³-hybridized carbons (Fsp3) is 0.438. The summed E-state index contributed by atoms with van der Waals surface area (Å²) in [5, 5.41) is 23.9. The summed E-state index contributed by atoms with van der Waals surface area (Å²) in [7, 11) is 0. The number of urea groups is 1. The van der Waals surface area contributed by atoms with Gasteiger partial charge in [0, 0.05) is 18.6 Å². The average molecular weight is 334 g/mol. The molecule has 3 N–H and O–H groups in total. The van der Waals surface area contributed by atoms with Gasteiger partial charge in [-0.2, -0.15) is 0 Å². The van der Waals surface area contributed by atoms with Crippen LogP contribution in [0.15, 0.2) is 24.3 Å². The molecule has 0 spiro atoms. The minimum atomic E-state index is -0.478. The van der Waals surface area contributed by atoms with Crippen molar-refractivity contribution in [1.82, 2.24) is 15.5 Å². The largest absolute Gasteiger partial charge is 0.396 e. The van der Waals surface area contributed by atoms with Crippen molar-refractivity contribution in [3.05, 3.63) is 40.4 Å². The topological polar surface area (TPSA) is 87.1 Å². The third-order valence-electron chi connectivity index (χ3n) is 3.35. The van der Waals surface area contributed by atoms with Crippen molar-refractivity contribution in [3.8, 4) is 0 Å². The molecule has 1 aromatic carbocycles. The van der Waals surface area contributed by atoms with Crippen LogP contribution in [0.2, 0.25) is 0 Å². The molecule has 0 aliphatic heterocycles. The Balaban J connectivity index is 1.91. The summed E-state index contributed by atoms with van der Waals surface area (Å²) in [6.45, 7) is 5.78. The van der Waals surface area contributed by atoms with Gasteiger partial charge in [-0.15, -0.1) is 10.2 Å². The van der Waals surface area contributed by atoms with Crippen LogP contribution in [-0.2, 0) is 6.42 Å². The SMILES string of the molecule is Cc1ccc(Cc2nnc(NC(=O)NC(C)(C)CCO)s2)cc1. The summed E-state index contributed by atoms with van der Waals surface area (Å²) in [5.41, 5.74) is 1.90. The molecule has 1 heterocycles. The zero-order valence-electron chi connectivity index (χ0n) is 13.6. The molecule has 0 aliphatic carbocycles. The van der Waals surface area contributed by atoms with Crippen LogP contribution in [0, 0.1) is 6.92 Å². The molecule has 0 atom stereocenters. The predicted octanol–water partition coefficient (Wildman–Crippen LogP) is 2.72. The lowest BCUT2D eigenvalue weighted by atomic mass is 10.0. The molecule has 0 unspecified atom stereocenters. The van der Waals surface area contributed by atoms with E-state index in [4.69, 9.17) is 5.11 Å². The van der Waals surface area contributed by atoms with Crippen LogP contribution in [-0.4, -0.2) is 33.5 Å². The quantitative estimate of drug-likeness (QED) is 0.758. The first-order chi connectivity index (χ1) is 10.9. The predicted molar refractivity (Wildman–Crippen MR) is 91.8 cm³/mol. The molecule has 0 bridgehead atoms. The summed E-state index contributed by atoms with van der Waals surface area (Å²) < 4.78 is 0. The Bertz CT molecular complexity index is 652.